The molecule has 1 aromatic carbocycles. The first-order valence-corrected chi connectivity index (χ1v) is 7.40. The molecular formula is C12H13NOS2. The lowest BCUT2D eigenvalue weighted by Crippen LogP contribution is -2.05. The summed E-state index contributed by atoms with van der Waals surface area (Å²) >= 11 is 3.07. The van der Waals surface area contributed by atoms with Crippen LogP contribution in [0.5, 0.6) is 0 Å². The van der Waals surface area contributed by atoms with Gasteiger partial charge in [0.2, 0.25) is 5.12 Å². The summed E-state index contributed by atoms with van der Waals surface area (Å²) in [5.74, 6) is 0.965. The highest BCUT2D eigenvalue weighted by molar-refractivity contribution is 8.16. The van der Waals surface area contributed by atoms with Crippen molar-refractivity contribution in [1.82, 2.24) is 0 Å². The Hall–Kier alpha value is -0.740. The number of aliphatic imine (C=N–C) groups is 1. The lowest BCUT2D eigenvalue weighted by molar-refractivity contribution is -0.105. The summed E-state index contributed by atoms with van der Waals surface area (Å²) in [7, 11) is 0. The van der Waals surface area contributed by atoms with E-state index in [1.807, 2.05) is 36.6 Å². The van der Waals surface area contributed by atoms with Crippen molar-refractivity contribution in [3.63, 3.8) is 0 Å². The molecule has 1 atom stereocenters. The van der Waals surface area contributed by atoms with Crippen molar-refractivity contribution < 1.29 is 4.79 Å². The van der Waals surface area contributed by atoms with E-state index < -0.39 is 0 Å². The summed E-state index contributed by atoms with van der Waals surface area (Å²) in [6.45, 7) is 0. The molecule has 0 bridgehead atoms. The Morgan fingerprint density at radius 2 is 2.12 bits per heavy atom. The van der Waals surface area contributed by atoms with Gasteiger partial charge in [-0.2, -0.15) is 11.8 Å². The molecule has 0 saturated carbocycles. The lowest BCUT2D eigenvalue weighted by Gasteiger charge is -2.03. The van der Waals surface area contributed by atoms with Gasteiger partial charge in [0.05, 0.1) is 5.71 Å². The van der Waals surface area contributed by atoms with Gasteiger partial charge in [0.15, 0.2) is 0 Å². The molecule has 2 nitrogen and oxygen atoms in total. The zero-order valence-corrected chi connectivity index (χ0v) is 10.7. The van der Waals surface area contributed by atoms with Crippen LogP contribution in [0, 0.1) is 0 Å². The molecule has 1 aliphatic heterocycles. The maximum Gasteiger partial charge on any atom is 0.235 e. The summed E-state index contributed by atoms with van der Waals surface area (Å²) < 4.78 is 0. The number of thioether (sulfide) groups is 2. The molecule has 1 aromatic rings. The fourth-order valence-corrected chi connectivity index (χ4v) is 2.88. The topological polar surface area (TPSA) is 29.4 Å². The van der Waals surface area contributed by atoms with Gasteiger partial charge in [-0.3, -0.25) is 9.79 Å². The molecule has 0 aliphatic carbocycles. The molecule has 0 saturated heterocycles. The summed E-state index contributed by atoms with van der Waals surface area (Å²) in [4.78, 5) is 16.2. The van der Waals surface area contributed by atoms with Gasteiger partial charge >= 0.3 is 0 Å². The highest BCUT2D eigenvalue weighted by Gasteiger charge is 2.27. The van der Waals surface area contributed by atoms with Crippen LogP contribution in [0.1, 0.15) is 17.4 Å². The quantitative estimate of drug-likeness (QED) is 0.823. The van der Waals surface area contributed by atoms with Crippen LogP contribution >= 0.6 is 23.5 Å². The Labute approximate surface area is 104 Å². The standard InChI is InChI=1S/C12H13NOS2/c1-15-8-7-10-12(14)16-11(13-10)9-5-3-2-4-6-9/h2-6,11H,7-8H2,1H3. The molecule has 4 heteroatoms. The van der Waals surface area contributed by atoms with Gasteiger partial charge in [-0.25, -0.2) is 0 Å². The van der Waals surface area contributed by atoms with Crippen molar-refractivity contribution >= 4 is 34.4 Å². The van der Waals surface area contributed by atoms with E-state index in [0.29, 0.717) is 0 Å². The molecular weight excluding hydrogens is 238 g/mol. The Kier molecular flexibility index (Phi) is 4.07. The van der Waals surface area contributed by atoms with Crippen molar-refractivity contribution in [1.29, 1.82) is 0 Å². The summed E-state index contributed by atoms with van der Waals surface area (Å²) in [5, 5.41) is 0.119. The number of hydrogen-bond acceptors (Lipinski definition) is 4. The van der Waals surface area contributed by atoms with Gasteiger partial charge in [-0.15, -0.1) is 0 Å². The largest absolute Gasteiger partial charge is 0.280 e. The number of nitrogens with zero attached hydrogens (tertiary/aromatic N) is 1. The van der Waals surface area contributed by atoms with Crippen molar-refractivity contribution in [2.24, 2.45) is 4.99 Å². The Bertz CT molecular complexity index is 403. The average molecular weight is 251 g/mol. The third-order valence-corrected chi connectivity index (χ3v) is 4.02. The van der Waals surface area contributed by atoms with E-state index in [4.69, 9.17) is 0 Å². The maximum absolute atomic E-state index is 11.7. The van der Waals surface area contributed by atoms with Crippen molar-refractivity contribution in [3.05, 3.63) is 35.9 Å². The van der Waals surface area contributed by atoms with Crippen LogP contribution in [0.25, 0.3) is 0 Å². The monoisotopic (exact) mass is 251 g/mol. The summed E-state index contributed by atoms with van der Waals surface area (Å²) in [6.07, 6.45) is 2.83. The summed E-state index contributed by atoms with van der Waals surface area (Å²) in [5.41, 5.74) is 1.85. The number of carbonyl (C=O) groups excluding carboxylic acids is 1. The molecule has 1 aliphatic rings. The van der Waals surface area contributed by atoms with Crippen LogP contribution in [0.15, 0.2) is 35.3 Å². The molecule has 0 spiro atoms. The molecule has 16 heavy (non-hydrogen) atoms. The van der Waals surface area contributed by atoms with Crippen LogP contribution in [0.4, 0.5) is 0 Å². The van der Waals surface area contributed by atoms with E-state index in [9.17, 15) is 4.79 Å². The highest BCUT2D eigenvalue weighted by Crippen LogP contribution is 2.36. The lowest BCUT2D eigenvalue weighted by atomic mass is 10.2. The van der Waals surface area contributed by atoms with Crippen LogP contribution in [-0.2, 0) is 4.79 Å². The fraction of sp³-hybridized carbons (Fsp3) is 0.333. The van der Waals surface area contributed by atoms with Gasteiger partial charge in [0.1, 0.15) is 5.37 Å². The number of benzene rings is 1. The predicted molar refractivity (Wildman–Crippen MR) is 72.2 cm³/mol. The second kappa shape index (κ2) is 5.55. The first-order valence-electron chi connectivity index (χ1n) is 5.13. The van der Waals surface area contributed by atoms with Gasteiger partial charge in [-0.05, 0) is 29.3 Å². The summed E-state index contributed by atoms with van der Waals surface area (Å²) in [6, 6.07) is 9.98. The normalized spacial score (nSPS) is 19.9. The minimum absolute atomic E-state index is 0.0226. The van der Waals surface area contributed by atoms with Crippen LogP contribution in [0.3, 0.4) is 0 Å². The molecule has 1 heterocycles. The van der Waals surface area contributed by atoms with E-state index in [0.717, 1.165) is 23.4 Å². The molecule has 0 aromatic heterocycles. The maximum atomic E-state index is 11.7. The van der Waals surface area contributed by atoms with Gasteiger partial charge < -0.3 is 0 Å². The SMILES string of the molecule is CSCCC1=NC(c2ccccc2)SC1=O. The zero-order chi connectivity index (χ0) is 11.4. The highest BCUT2D eigenvalue weighted by atomic mass is 32.2. The molecule has 84 valence electrons. The number of rotatable bonds is 4. The molecule has 1 unspecified atom stereocenters. The van der Waals surface area contributed by atoms with Crippen molar-refractivity contribution in [2.75, 3.05) is 12.0 Å². The predicted octanol–water partition coefficient (Wildman–Crippen LogP) is 3.15. The van der Waals surface area contributed by atoms with E-state index in [1.165, 1.54) is 11.8 Å². The number of hydrogen-bond donors (Lipinski definition) is 0. The Morgan fingerprint density at radius 3 is 2.81 bits per heavy atom. The Balaban J connectivity index is 2.10. The average Bonchev–Trinajstić information content (AvgIpc) is 2.69. The van der Waals surface area contributed by atoms with Crippen molar-refractivity contribution in [3.8, 4) is 0 Å². The first kappa shape index (κ1) is 11.7. The molecule has 0 N–H and O–H groups in total. The van der Waals surface area contributed by atoms with E-state index in [-0.39, 0.29) is 10.5 Å². The van der Waals surface area contributed by atoms with Crippen LogP contribution in [-0.4, -0.2) is 22.8 Å². The second-order valence-electron chi connectivity index (χ2n) is 3.49. The first-order chi connectivity index (χ1) is 7.81. The van der Waals surface area contributed by atoms with Gasteiger partial charge in [-0.1, -0.05) is 30.3 Å². The minimum atomic E-state index is -0.0226. The Morgan fingerprint density at radius 1 is 1.38 bits per heavy atom. The molecule has 2 rings (SSSR count). The van der Waals surface area contributed by atoms with E-state index in [2.05, 4.69) is 4.99 Å². The van der Waals surface area contributed by atoms with Crippen LogP contribution in [0.2, 0.25) is 0 Å². The zero-order valence-electron chi connectivity index (χ0n) is 9.05. The smallest absolute Gasteiger partial charge is 0.235 e. The fourth-order valence-electron chi connectivity index (χ4n) is 1.52. The minimum Gasteiger partial charge on any atom is -0.280 e. The van der Waals surface area contributed by atoms with Gasteiger partial charge in [0.25, 0.3) is 0 Å². The number of carbonyl (C=O) groups is 1. The third-order valence-electron chi connectivity index (χ3n) is 2.36. The third kappa shape index (κ3) is 2.68. The molecule has 0 fully saturated rings. The van der Waals surface area contributed by atoms with E-state index in [1.54, 1.807) is 11.8 Å². The van der Waals surface area contributed by atoms with E-state index >= 15 is 0 Å². The second-order valence-corrected chi connectivity index (χ2v) is 5.53. The van der Waals surface area contributed by atoms with Gasteiger partial charge in [0, 0.05) is 6.42 Å². The van der Waals surface area contributed by atoms with Crippen molar-refractivity contribution in [2.45, 2.75) is 11.8 Å². The molecule has 0 radical (unpaired) electrons. The van der Waals surface area contributed by atoms with Crippen LogP contribution < -0.4 is 0 Å². The molecule has 0 amide bonds.